The van der Waals surface area contributed by atoms with Crippen LogP contribution in [0.3, 0.4) is 0 Å². The minimum Gasteiger partial charge on any atom is -0.341 e. The van der Waals surface area contributed by atoms with Gasteiger partial charge in [0, 0.05) is 19.3 Å². The maximum absolute atomic E-state index is 12.7. The predicted molar refractivity (Wildman–Crippen MR) is 105 cm³/mol. The summed E-state index contributed by atoms with van der Waals surface area (Å²) in [5.41, 5.74) is 3.13. The van der Waals surface area contributed by atoms with Gasteiger partial charge in [-0.25, -0.2) is 23.1 Å². The second kappa shape index (κ2) is 7.94. The van der Waals surface area contributed by atoms with Crippen molar-refractivity contribution in [1.82, 2.24) is 14.7 Å². The van der Waals surface area contributed by atoms with Crippen molar-refractivity contribution in [2.24, 2.45) is 0 Å². The van der Waals surface area contributed by atoms with Crippen molar-refractivity contribution in [2.45, 2.75) is 56.4 Å². The van der Waals surface area contributed by atoms with E-state index in [1.165, 1.54) is 24.0 Å². The Kier molecular flexibility index (Phi) is 5.41. The van der Waals surface area contributed by atoms with Crippen LogP contribution in [0.15, 0.2) is 35.4 Å². The van der Waals surface area contributed by atoms with Crippen LogP contribution in [-0.4, -0.2) is 31.5 Å². The average molecular weight is 387 g/mol. The molecule has 2 aromatic rings. The Morgan fingerprint density at radius 1 is 0.963 bits per heavy atom. The highest BCUT2D eigenvalue weighted by Crippen LogP contribution is 2.24. The number of rotatable bonds is 5. The molecule has 0 saturated carbocycles. The summed E-state index contributed by atoms with van der Waals surface area (Å²) in [7, 11) is -3.55. The summed E-state index contributed by atoms with van der Waals surface area (Å²) in [6.45, 7) is 2.09. The fraction of sp³-hybridized carbons (Fsp3) is 0.500. The number of hydrogen-bond acceptors (Lipinski definition) is 5. The zero-order chi connectivity index (χ0) is 18.7. The number of nitrogens with one attached hydrogen (secondary N) is 1. The predicted octanol–water partition coefficient (Wildman–Crippen LogP) is 2.82. The van der Waals surface area contributed by atoms with Crippen LogP contribution in [0.2, 0.25) is 0 Å². The number of aromatic nitrogens is 2. The van der Waals surface area contributed by atoms with E-state index >= 15 is 0 Å². The number of anilines is 1. The van der Waals surface area contributed by atoms with Gasteiger partial charge in [-0.15, -0.1) is 0 Å². The molecule has 0 bridgehead atoms. The van der Waals surface area contributed by atoms with Crippen molar-refractivity contribution in [3.63, 3.8) is 0 Å². The van der Waals surface area contributed by atoms with Crippen molar-refractivity contribution in [2.75, 3.05) is 18.0 Å². The first-order valence-electron chi connectivity index (χ1n) is 9.80. The highest BCUT2D eigenvalue weighted by Gasteiger charge is 2.18. The fourth-order valence-corrected chi connectivity index (χ4v) is 4.91. The quantitative estimate of drug-likeness (QED) is 0.855. The number of nitrogens with zero attached hydrogens (tertiary/aromatic N) is 3. The number of sulfonamides is 1. The lowest BCUT2D eigenvalue weighted by atomic mass is 9.92. The van der Waals surface area contributed by atoms with Gasteiger partial charge in [0.05, 0.1) is 17.1 Å². The molecule has 27 heavy (non-hydrogen) atoms. The lowest BCUT2D eigenvalue weighted by molar-refractivity contribution is 0.565. The van der Waals surface area contributed by atoms with Gasteiger partial charge in [-0.2, -0.15) is 0 Å². The Bertz CT molecular complexity index is 908. The molecule has 1 aromatic heterocycles. The van der Waals surface area contributed by atoms with Crippen LogP contribution in [0.1, 0.15) is 48.9 Å². The zero-order valence-electron chi connectivity index (χ0n) is 15.5. The van der Waals surface area contributed by atoms with Crippen molar-refractivity contribution in [3.05, 3.63) is 47.3 Å². The van der Waals surface area contributed by atoms with Crippen molar-refractivity contribution in [3.8, 4) is 0 Å². The Morgan fingerprint density at radius 2 is 1.74 bits per heavy atom. The number of hydrogen-bond donors (Lipinski definition) is 1. The first-order valence-corrected chi connectivity index (χ1v) is 11.3. The van der Waals surface area contributed by atoms with Gasteiger partial charge in [0.2, 0.25) is 16.0 Å². The smallest absolute Gasteiger partial charge is 0.240 e. The summed E-state index contributed by atoms with van der Waals surface area (Å²) in [6.07, 6.45) is 9.58. The molecule has 1 N–H and O–H groups in total. The molecule has 1 aliphatic heterocycles. The third-order valence-corrected chi connectivity index (χ3v) is 6.81. The van der Waals surface area contributed by atoms with Gasteiger partial charge in [0.1, 0.15) is 0 Å². The minimum absolute atomic E-state index is 0.169. The van der Waals surface area contributed by atoms with E-state index in [0.29, 0.717) is 16.5 Å². The fourth-order valence-electron chi connectivity index (χ4n) is 3.86. The van der Waals surface area contributed by atoms with E-state index < -0.39 is 10.0 Å². The van der Waals surface area contributed by atoms with E-state index in [2.05, 4.69) is 19.6 Å². The van der Waals surface area contributed by atoms with Crippen LogP contribution in [0, 0.1) is 0 Å². The Morgan fingerprint density at radius 3 is 2.56 bits per heavy atom. The van der Waals surface area contributed by atoms with Crippen molar-refractivity contribution >= 4 is 16.0 Å². The highest BCUT2D eigenvalue weighted by atomic mass is 32.2. The highest BCUT2D eigenvalue weighted by molar-refractivity contribution is 7.89. The molecule has 0 amide bonds. The second-order valence-electron chi connectivity index (χ2n) is 7.36. The average Bonchev–Trinajstić information content (AvgIpc) is 2.73. The third kappa shape index (κ3) is 4.30. The monoisotopic (exact) mass is 386 g/mol. The van der Waals surface area contributed by atoms with Crippen molar-refractivity contribution in [1.29, 1.82) is 0 Å². The standard InChI is InChI=1S/C20H26N4O2S/c25-27(26,19-9-8-16-6-2-3-7-17(16)14-19)22-15-18-10-11-21-20(23-18)24-12-4-1-5-13-24/h8-11,14,22H,1-7,12-13,15H2. The molecule has 6 nitrogen and oxygen atoms in total. The molecule has 0 spiro atoms. The van der Waals surface area contributed by atoms with Crippen LogP contribution in [0.5, 0.6) is 0 Å². The van der Waals surface area contributed by atoms with Gasteiger partial charge in [0.25, 0.3) is 0 Å². The van der Waals surface area contributed by atoms with Gasteiger partial charge < -0.3 is 4.90 Å². The number of benzene rings is 1. The van der Waals surface area contributed by atoms with E-state index in [4.69, 9.17) is 0 Å². The van der Waals surface area contributed by atoms with E-state index in [-0.39, 0.29) is 6.54 Å². The Balaban J connectivity index is 1.46. The SMILES string of the molecule is O=S(=O)(NCc1ccnc(N2CCCCC2)n1)c1ccc2c(c1)CCCC2. The van der Waals surface area contributed by atoms with Crippen LogP contribution in [0.25, 0.3) is 0 Å². The molecule has 1 saturated heterocycles. The zero-order valence-corrected chi connectivity index (χ0v) is 16.3. The topological polar surface area (TPSA) is 75.2 Å². The molecular formula is C20H26N4O2S. The number of fused-ring (bicyclic) bond motifs is 1. The van der Waals surface area contributed by atoms with Gasteiger partial charge >= 0.3 is 0 Å². The molecule has 1 fully saturated rings. The molecule has 7 heteroatoms. The van der Waals surface area contributed by atoms with E-state index in [0.717, 1.165) is 45.2 Å². The summed E-state index contributed by atoms with van der Waals surface area (Å²) >= 11 is 0. The summed E-state index contributed by atoms with van der Waals surface area (Å²) in [5.74, 6) is 0.695. The molecule has 0 radical (unpaired) electrons. The van der Waals surface area contributed by atoms with Gasteiger partial charge in [-0.3, -0.25) is 0 Å². The van der Waals surface area contributed by atoms with Crippen LogP contribution in [-0.2, 0) is 29.4 Å². The maximum atomic E-state index is 12.7. The maximum Gasteiger partial charge on any atom is 0.240 e. The second-order valence-corrected chi connectivity index (χ2v) is 9.12. The molecule has 2 heterocycles. The molecule has 1 aliphatic carbocycles. The molecule has 1 aromatic carbocycles. The molecule has 2 aliphatic rings. The number of piperidine rings is 1. The summed E-state index contributed by atoms with van der Waals surface area (Å²) in [5, 5.41) is 0. The lowest BCUT2D eigenvalue weighted by Gasteiger charge is -2.26. The van der Waals surface area contributed by atoms with Crippen molar-refractivity contribution < 1.29 is 8.42 Å². The van der Waals surface area contributed by atoms with Crippen LogP contribution in [0.4, 0.5) is 5.95 Å². The molecule has 0 unspecified atom stereocenters. The summed E-state index contributed by atoms with van der Waals surface area (Å²) in [6, 6.07) is 7.27. The summed E-state index contributed by atoms with van der Waals surface area (Å²) in [4.78, 5) is 11.4. The van der Waals surface area contributed by atoms with Crippen LogP contribution < -0.4 is 9.62 Å². The first kappa shape index (κ1) is 18.4. The molecule has 0 atom stereocenters. The largest absolute Gasteiger partial charge is 0.341 e. The third-order valence-electron chi connectivity index (χ3n) is 5.41. The molecule has 144 valence electrons. The van der Waals surface area contributed by atoms with E-state index in [1.54, 1.807) is 18.3 Å². The van der Waals surface area contributed by atoms with Gasteiger partial charge in [-0.1, -0.05) is 6.07 Å². The van der Waals surface area contributed by atoms with Gasteiger partial charge in [0.15, 0.2) is 0 Å². The molecule has 4 rings (SSSR count). The van der Waals surface area contributed by atoms with E-state index in [9.17, 15) is 8.42 Å². The summed E-state index contributed by atoms with van der Waals surface area (Å²) < 4.78 is 28.1. The first-order chi connectivity index (χ1) is 13.1. The van der Waals surface area contributed by atoms with Gasteiger partial charge in [-0.05, 0) is 74.3 Å². The molecular weight excluding hydrogens is 360 g/mol. The Labute approximate surface area is 161 Å². The van der Waals surface area contributed by atoms with E-state index in [1.807, 2.05) is 12.1 Å². The lowest BCUT2D eigenvalue weighted by Crippen LogP contribution is -2.31. The Hall–Kier alpha value is -1.99. The number of aryl methyl sites for hydroxylation is 2. The minimum atomic E-state index is -3.55. The normalized spacial score (nSPS) is 17.6. The van der Waals surface area contributed by atoms with Crippen LogP contribution >= 0.6 is 0 Å².